The lowest BCUT2D eigenvalue weighted by Crippen LogP contribution is -2.22. The van der Waals surface area contributed by atoms with Crippen molar-refractivity contribution in [3.63, 3.8) is 0 Å². The van der Waals surface area contributed by atoms with Crippen LogP contribution in [0.25, 0.3) is 0 Å². The molecule has 0 spiro atoms. The number of fused-ring (bicyclic) bond motifs is 1. The molecule has 3 rings (SSSR count). The van der Waals surface area contributed by atoms with Crippen LogP contribution in [-0.2, 0) is 27.1 Å². The number of esters is 2. The van der Waals surface area contributed by atoms with Crippen LogP contribution in [0.5, 0.6) is 5.75 Å². The van der Waals surface area contributed by atoms with Gasteiger partial charge in [-0.2, -0.15) is 0 Å². The normalized spacial score (nSPS) is 12.2. The number of hydrogen-bond donors (Lipinski definition) is 2. The molecular weight excluding hydrogens is 420 g/mol. The summed E-state index contributed by atoms with van der Waals surface area (Å²) in [5.74, 6) is -1.69. The number of methoxy groups -OCH3 is 2. The van der Waals surface area contributed by atoms with Crippen molar-refractivity contribution in [2.75, 3.05) is 31.9 Å². The Labute approximate surface area is 175 Å². The Morgan fingerprint density at radius 2 is 1.97 bits per heavy atom. The average Bonchev–Trinajstić information content (AvgIpc) is 3.28. The van der Waals surface area contributed by atoms with Crippen molar-refractivity contribution in [2.24, 2.45) is 0 Å². The smallest absolute Gasteiger partial charge is 0.342 e. The molecule has 1 heterocycles. The van der Waals surface area contributed by atoms with E-state index in [0.717, 1.165) is 29.7 Å². The Hall–Kier alpha value is -2.78. The van der Waals surface area contributed by atoms with Crippen LogP contribution in [0.3, 0.4) is 0 Å². The first kappa shape index (κ1) is 20.9. The van der Waals surface area contributed by atoms with Gasteiger partial charge < -0.3 is 25.3 Å². The minimum Gasteiger partial charge on any atom is -0.496 e. The maximum Gasteiger partial charge on any atom is 0.342 e. The van der Waals surface area contributed by atoms with Crippen LogP contribution in [0, 0.1) is 0 Å². The molecule has 0 bridgehead atoms. The fourth-order valence-corrected chi connectivity index (χ4v) is 4.54. The monoisotopic (exact) mass is 438 g/mol. The first-order valence-corrected chi connectivity index (χ1v) is 9.88. The van der Waals surface area contributed by atoms with Gasteiger partial charge in [-0.25, -0.2) is 9.59 Å². The number of amides is 1. The van der Waals surface area contributed by atoms with Gasteiger partial charge in [0.25, 0.3) is 5.91 Å². The molecule has 1 aliphatic rings. The van der Waals surface area contributed by atoms with Crippen LogP contribution in [0.2, 0.25) is 5.02 Å². The third-order valence-corrected chi connectivity index (χ3v) is 5.97. The number of anilines is 2. The van der Waals surface area contributed by atoms with Crippen molar-refractivity contribution in [1.82, 2.24) is 0 Å². The highest BCUT2D eigenvalue weighted by atomic mass is 35.5. The van der Waals surface area contributed by atoms with Crippen molar-refractivity contribution in [3.05, 3.63) is 38.7 Å². The van der Waals surface area contributed by atoms with E-state index in [1.54, 1.807) is 0 Å². The molecule has 154 valence electrons. The van der Waals surface area contributed by atoms with Gasteiger partial charge in [0.15, 0.2) is 6.61 Å². The molecule has 0 fully saturated rings. The summed E-state index contributed by atoms with van der Waals surface area (Å²) in [6.45, 7) is -0.548. The fourth-order valence-electron chi connectivity index (χ4n) is 3.08. The second-order valence-corrected chi connectivity index (χ2v) is 7.76. The van der Waals surface area contributed by atoms with E-state index in [-0.39, 0.29) is 22.0 Å². The van der Waals surface area contributed by atoms with Crippen molar-refractivity contribution < 1.29 is 28.6 Å². The molecule has 3 N–H and O–H groups in total. The largest absolute Gasteiger partial charge is 0.496 e. The minimum absolute atomic E-state index is 0.0462. The highest BCUT2D eigenvalue weighted by Crippen LogP contribution is 2.39. The molecule has 0 radical (unpaired) electrons. The summed E-state index contributed by atoms with van der Waals surface area (Å²) in [5.41, 5.74) is 7.27. The van der Waals surface area contributed by atoms with Crippen molar-refractivity contribution in [2.45, 2.75) is 19.3 Å². The second-order valence-electron chi connectivity index (χ2n) is 6.25. The predicted molar refractivity (Wildman–Crippen MR) is 109 cm³/mol. The SMILES string of the molecule is COC(=O)c1c(NC(=O)COC(=O)c2cc(Cl)c(N)cc2OC)sc2c1CCC2. The summed E-state index contributed by atoms with van der Waals surface area (Å²) < 4.78 is 15.0. The second kappa shape index (κ2) is 8.71. The van der Waals surface area contributed by atoms with Gasteiger partial charge in [0.1, 0.15) is 16.3 Å². The van der Waals surface area contributed by atoms with Gasteiger partial charge in [-0.1, -0.05) is 11.6 Å². The van der Waals surface area contributed by atoms with E-state index in [1.165, 1.54) is 37.7 Å². The molecule has 0 atom stereocenters. The Kier molecular flexibility index (Phi) is 6.29. The summed E-state index contributed by atoms with van der Waals surface area (Å²) in [5, 5.41) is 3.20. The number of aryl methyl sites for hydroxylation is 1. The molecule has 0 aliphatic heterocycles. The van der Waals surface area contributed by atoms with Gasteiger partial charge in [-0.15, -0.1) is 11.3 Å². The van der Waals surface area contributed by atoms with Crippen LogP contribution in [-0.4, -0.2) is 38.7 Å². The summed E-state index contributed by atoms with van der Waals surface area (Å²) in [6.07, 6.45) is 2.58. The molecular formula is C19H19ClN2O6S. The topological polar surface area (TPSA) is 117 Å². The zero-order valence-electron chi connectivity index (χ0n) is 15.8. The quantitative estimate of drug-likeness (QED) is 0.525. The molecule has 1 aromatic heterocycles. The zero-order chi connectivity index (χ0) is 21.1. The molecule has 10 heteroatoms. The first-order chi connectivity index (χ1) is 13.8. The van der Waals surface area contributed by atoms with Crippen LogP contribution in [0.1, 0.15) is 37.6 Å². The molecule has 1 aromatic carbocycles. The molecule has 1 aliphatic carbocycles. The van der Waals surface area contributed by atoms with Crippen LogP contribution < -0.4 is 15.8 Å². The van der Waals surface area contributed by atoms with E-state index in [0.29, 0.717) is 10.6 Å². The standard InChI is InChI=1S/C19H19ClN2O6S/c1-26-13-7-12(21)11(20)6-10(13)18(24)28-8-15(23)22-17-16(19(25)27-2)9-4-3-5-14(9)29-17/h6-7H,3-5,8,21H2,1-2H3,(H,22,23). The fraction of sp³-hybridized carbons (Fsp3) is 0.316. The van der Waals surface area contributed by atoms with E-state index in [2.05, 4.69) is 5.32 Å². The number of nitrogens with one attached hydrogen (secondary N) is 1. The van der Waals surface area contributed by atoms with Crippen LogP contribution in [0.4, 0.5) is 10.7 Å². The number of thiophene rings is 1. The minimum atomic E-state index is -0.791. The van der Waals surface area contributed by atoms with E-state index >= 15 is 0 Å². The molecule has 2 aromatic rings. The summed E-state index contributed by atoms with van der Waals surface area (Å²) in [4.78, 5) is 37.8. The van der Waals surface area contributed by atoms with Gasteiger partial charge in [-0.05, 0) is 30.9 Å². The number of nitrogens with two attached hydrogens (primary N) is 1. The Morgan fingerprint density at radius 3 is 2.66 bits per heavy atom. The van der Waals surface area contributed by atoms with E-state index in [1.807, 2.05) is 0 Å². The van der Waals surface area contributed by atoms with Crippen molar-refractivity contribution in [1.29, 1.82) is 0 Å². The van der Waals surface area contributed by atoms with E-state index in [9.17, 15) is 14.4 Å². The third-order valence-electron chi connectivity index (χ3n) is 4.44. The van der Waals surface area contributed by atoms with Gasteiger partial charge in [-0.3, -0.25) is 4.79 Å². The number of carbonyl (C=O) groups is 3. The van der Waals surface area contributed by atoms with Crippen molar-refractivity contribution in [3.8, 4) is 5.75 Å². The number of nitrogen functional groups attached to an aromatic ring is 1. The third kappa shape index (κ3) is 4.30. The van der Waals surface area contributed by atoms with Gasteiger partial charge in [0, 0.05) is 10.9 Å². The molecule has 8 nitrogen and oxygen atoms in total. The lowest BCUT2D eigenvalue weighted by molar-refractivity contribution is -0.119. The highest BCUT2D eigenvalue weighted by Gasteiger charge is 2.28. The highest BCUT2D eigenvalue weighted by molar-refractivity contribution is 7.17. The average molecular weight is 439 g/mol. The molecule has 0 saturated carbocycles. The maximum atomic E-state index is 12.3. The molecule has 0 saturated heterocycles. The Morgan fingerprint density at radius 1 is 1.21 bits per heavy atom. The number of rotatable bonds is 6. The first-order valence-electron chi connectivity index (χ1n) is 8.68. The zero-order valence-corrected chi connectivity index (χ0v) is 17.4. The number of hydrogen-bond acceptors (Lipinski definition) is 8. The van der Waals surface area contributed by atoms with Gasteiger partial charge in [0.2, 0.25) is 0 Å². The maximum absolute atomic E-state index is 12.3. The predicted octanol–water partition coefficient (Wildman–Crippen LogP) is 3.06. The van der Waals surface area contributed by atoms with Gasteiger partial charge in [0.05, 0.1) is 30.5 Å². The number of carbonyl (C=O) groups excluding carboxylic acids is 3. The number of benzene rings is 1. The summed E-state index contributed by atoms with van der Waals surface area (Å²) in [7, 11) is 2.66. The number of ether oxygens (including phenoxy) is 3. The Balaban J connectivity index is 1.69. The van der Waals surface area contributed by atoms with Crippen LogP contribution >= 0.6 is 22.9 Å². The molecule has 0 unspecified atom stereocenters. The van der Waals surface area contributed by atoms with E-state index in [4.69, 9.17) is 31.5 Å². The summed E-state index contributed by atoms with van der Waals surface area (Å²) in [6, 6.07) is 2.71. The van der Waals surface area contributed by atoms with Crippen molar-refractivity contribution >= 4 is 51.5 Å². The lowest BCUT2D eigenvalue weighted by Gasteiger charge is -2.11. The molecule has 1 amide bonds. The number of halogens is 1. The van der Waals surface area contributed by atoms with E-state index < -0.39 is 24.5 Å². The lowest BCUT2D eigenvalue weighted by atomic mass is 10.1. The Bertz CT molecular complexity index is 988. The molecule has 29 heavy (non-hydrogen) atoms. The summed E-state index contributed by atoms with van der Waals surface area (Å²) >= 11 is 7.28. The van der Waals surface area contributed by atoms with Gasteiger partial charge >= 0.3 is 11.9 Å². The van der Waals surface area contributed by atoms with Crippen LogP contribution in [0.15, 0.2) is 12.1 Å².